The number of carbonyl (C=O) groups is 2. The predicted molar refractivity (Wildman–Crippen MR) is 199 cm³/mol. The molecular formula is C34H25Cl3N6O12. The Labute approximate surface area is 323 Å². The van der Waals surface area contributed by atoms with Crippen LogP contribution in [0.2, 0.25) is 15.2 Å². The number of benzene rings is 2. The summed E-state index contributed by atoms with van der Waals surface area (Å²) >= 11 is 16.9. The van der Waals surface area contributed by atoms with E-state index in [-0.39, 0.29) is 49.0 Å². The molecule has 6 aromatic rings. The predicted octanol–water partition coefficient (Wildman–Crippen LogP) is 7.40. The maximum absolute atomic E-state index is 12.0. The van der Waals surface area contributed by atoms with Crippen molar-refractivity contribution in [1.82, 2.24) is 19.9 Å². The fraction of sp³-hybridized carbons (Fsp3) is 0.118. The molecule has 4 aromatic heterocycles. The van der Waals surface area contributed by atoms with E-state index in [0.29, 0.717) is 39.1 Å². The van der Waals surface area contributed by atoms with E-state index < -0.39 is 21.8 Å². The summed E-state index contributed by atoms with van der Waals surface area (Å²) < 4.78 is 25.4. The first kappa shape index (κ1) is 41.1. The van der Waals surface area contributed by atoms with Gasteiger partial charge in [0.15, 0.2) is 5.43 Å². The first-order chi connectivity index (χ1) is 26.2. The molecule has 0 saturated carbocycles. The molecule has 0 aliphatic carbocycles. The number of rotatable bonds is 8. The van der Waals surface area contributed by atoms with Gasteiger partial charge < -0.3 is 28.7 Å². The molecule has 4 heterocycles. The first-order valence-corrected chi connectivity index (χ1v) is 16.1. The Morgan fingerprint density at radius 2 is 1.27 bits per heavy atom. The zero-order valence-corrected chi connectivity index (χ0v) is 31.0. The van der Waals surface area contributed by atoms with E-state index in [1.54, 1.807) is 24.4 Å². The quantitative estimate of drug-likeness (QED) is 0.0681. The third-order valence-electron chi connectivity index (χ3n) is 7.12. The van der Waals surface area contributed by atoms with Gasteiger partial charge in [0.25, 0.3) is 11.4 Å². The van der Waals surface area contributed by atoms with Crippen LogP contribution in [0.25, 0.3) is 21.8 Å². The van der Waals surface area contributed by atoms with Crippen LogP contribution in [0, 0.1) is 20.2 Å². The minimum absolute atomic E-state index is 0.0230. The van der Waals surface area contributed by atoms with Crippen molar-refractivity contribution in [2.45, 2.75) is 0 Å². The topological polar surface area (TPSA) is 238 Å². The lowest BCUT2D eigenvalue weighted by molar-refractivity contribution is -0.385. The SMILES string of the molecule is COC(=O)c1cc2c(=O)cc[nH]c2cc1OC.COC(=O)c1cc2c(Oc3ncc([N+](=O)[O-])cc3Cl)ccnc2cc1OC.O=[N+]([O-])c1cnc(Cl)c(Cl)c1. The number of H-pyrrole nitrogens is 1. The zero-order chi connectivity index (χ0) is 40.4. The standard InChI is InChI=1S/C17H12ClN3O6.C12H11NO4.C5H2Cl2N2O2/c1-25-15-7-13-10(6-11(15)17(22)26-2)14(3-4-19-13)27-16-12(18)5-9(8-20-16)21(23)24;1-16-11-6-9-7(10(14)3-4-13-9)5-8(11)12(15)17-2;6-4-1-3(9(10)11)2-8-5(4)7/h3-8H,1-2H3;3-6H,1-2H3,(H,13,14);1-2H. The van der Waals surface area contributed by atoms with E-state index in [9.17, 15) is 34.6 Å². The fourth-order valence-electron chi connectivity index (χ4n) is 4.52. The number of esters is 2. The molecule has 55 heavy (non-hydrogen) atoms. The van der Waals surface area contributed by atoms with Crippen LogP contribution in [-0.4, -0.2) is 70.2 Å². The lowest BCUT2D eigenvalue weighted by Crippen LogP contribution is -2.07. The van der Waals surface area contributed by atoms with Crippen LogP contribution in [-0.2, 0) is 9.47 Å². The van der Waals surface area contributed by atoms with Crippen molar-refractivity contribution in [2.24, 2.45) is 0 Å². The Balaban J connectivity index is 0.000000204. The molecule has 0 radical (unpaired) electrons. The molecule has 21 heteroatoms. The highest BCUT2D eigenvalue weighted by Crippen LogP contribution is 2.36. The van der Waals surface area contributed by atoms with Gasteiger partial charge in [-0.3, -0.25) is 30.0 Å². The lowest BCUT2D eigenvalue weighted by atomic mass is 10.1. The Morgan fingerprint density at radius 1 is 0.709 bits per heavy atom. The van der Waals surface area contributed by atoms with Crippen LogP contribution >= 0.6 is 34.8 Å². The number of fused-ring (bicyclic) bond motifs is 2. The van der Waals surface area contributed by atoms with Crippen molar-refractivity contribution in [3.05, 3.63) is 130 Å². The molecule has 0 saturated heterocycles. The minimum Gasteiger partial charge on any atom is -0.496 e. The van der Waals surface area contributed by atoms with Gasteiger partial charge >= 0.3 is 11.9 Å². The van der Waals surface area contributed by atoms with E-state index in [0.717, 1.165) is 24.5 Å². The van der Waals surface area contributed by atoms with Gasteiger partial charge in [0.1, 0.15) is 50.9 Å². The normalized spacial score (nSPS) is 10.2. The first-order valence-electron chi connectivity index (χ1n) is 15.0. The van der Waals surface area contributed by atoms with Gasteiger partial charge in [0, 0.05) is 53.5 Å². The number of pyridine rings is 4. The molecule has 0 atom stereocenters. The largest absolute Gasteiger partial charge is 0.496 e. The van der Waals surface area contributed by atoms with Gasteiger partial charge in [0.05, 0.1) is 54.3 Å². The second kappa shape index (κ2) is 18.4. The molecule has 0 unspecified atom stereocenters. The van der Waals surface area contributed by atoms with E-state index in [4.69, 9.17) is 53.8 Å². The number of aromatic nitrogens is 4. The van der Waals surface area contributed by atoms with Gasteiger partial charge in [-0.25, -0.2) is 19.6 Å². The second-order valence-corrected chi connectivity index (χ2v) is 11.5. The molecule has 0 aliphatic heterocycles. The molecule has 1 N–H and O–H groups in total. The van der Waals surface area contributed by atoms with Gasteiger partial charge in [-0.05, 0) is 18.2 Å². The Bertz CT molecular complexity index is 2500. The summed E-state index contributed by atoms with van der Waals surface area (Å²) in [5, 5.41) is 21.9. The van der Waals surface area contributed by atoms with Gasteiger partial charge in [0.2, 0.25) is 5.88 Å². The van der Waals surface area contributed by atoms with Crippen molar-refractivity contribution < 1.29 is 43.1 Å². The number of nitrogens with one attached hydrogen (secondary N) is 1. The second-order valence-electron chi connectivity index (χ2n) is 10.4. The van der Waals surface area contributed by atoms with Crippen molar-refractivity contribution in [2.75, 3.05) is 28.4 Å². The third kappa shape index (κ3) is 9.87. The molecule has 0 fully saturated rings. The van der Waals surface area contributed by atoms with E-state index in [1.807, 2.05) is 0 Å². The van der Waals surface area contributed by atoms with Crippen molar-refractivity contribution in [3.63, 3.8) is 0 Å². The van der Waals surface area contributed by atoms with Crippen molar-refractivity contribution >= 4 is 79.9 Å². The van der Waals surface area contributed by atoms with Crippen molar-refractivity contribution in [3.8, 4) is 23.1 Å². The highest BCUT2D eigenvalue weighted by Gasteiger charge is 2.19. The van der Waals surface area contributed by atoms with Crippen LogP contribution in [0.15, 0.2) is 78.1 Å². The summed E-state index contributed by atoms with van der Waals surface area (Å²) in [6.07, 6.45) is 5.12. The molecule has 0 spiro atoms. The fourth-order valence-corrected chi connectivity index (χ4v) is 4.98. The molecule has 0 bridgehead atoms. The number of hydrogen-bond donors (Lipinski definition) is 1. The summed E-state index contributed by atoms with van der Waals surface area (Å²) in [5.74, 6) is -0.181. The monoisotopic (exact) mass is 814 g/mol. The average Bonchev–Trinajstić information content (AvgIpc) is 3.18. The molecule has 6 rings (SSSR count). The Morgan fingerprint density at radius 3 is 1.82 bits per heavy atom. The Kier molecular flexibility index (Phi) is 13.8. The lowest BCUT2D eigenvalue weighted by Gasteiger charge is -2.12. The van der Waals surface area contributed by atoms with Crippen molar-refractivity contribution in [1.29, 1.82) is 0 Å². The summed E-state index contributed by atoms with van der Waals surface area (Å²) in [6.45, 7) is 0. The zero-order valence-electron chi connectivity index (χ0n) is 28.7. The van der Waals surface area contributed by atoms with Crippen LogP contribution < -0.4 is 19.6 Å². The molecule has 0 aliphatic rings. The smallest absolute Gasteiger partial charge is 0.341 e. The number of carbonyl (C=O) groups excluding carboxylic acids is 2. The molecule has 284 valence electrons. The number of nitrogens with zero attached hydrogens (tertiary/aromatic N) is 5. The van der Waals surface area contributed by atoms with Gasteiger partial charge in [-0.1, -0.05) is 34.8 Å². The molecule has 2 aromatic carbocycles. The highest BCUT2D eigenvalue weighted by atomic mass is 35.5. The maximum atomic E-state index is 12.0. The van der Waals surface area contributed by atoms with E-state index in [1.165, 1.54) is 52.8 Å². The maximum Gasteiger partial charge on any atom is 0.341 e. The number of halogens is 3. The van der Waals surface area contributed by atoms with Gasteiger partial charge in [-0.2, -0.15) is 0 Å². The highest BCUT2D eigenvalue weighted by molar-refractivity contribution is 6.41. The Hall–Kier alpha value is -6.63. The summed E-state index contributed by atoms with van der Waals surface area (Å²) in [4.78, 5) is 69.4. The average molecular weight is 816 g/mol. The van der Waals surface area contributed by atoms with Crippen LogP contribution in [0.3, 0.4) is 0 Å². The number of hydrogen-bond acceptors (Lipinski definition) is 15. The number of ether oxygens (including phenoxy) is 5. The molecule has 18 nitrogen and oxygen atoms in total. The summed E-state index contributed by atoms with van der Waals surface area (Å²) in [7, 11) is 5.41. The van der Waals surface area contributed by atoms with Crippen LogP contribution in [0.5, 0.6) is 23.1 Å². The molecular weight excluding hydrogens is 791 g/mol. The van der Waals surface area contributed by atoms with Crippen LogP contribution in [0.1, 0.15) is 20.7 Å². The van der Waals surface area contributed by atoms with Gasteiger partial charge in [-0.15, -0.1) is 0 Å². The number of nitro groups is 2. The third-order valence-corrected chi connectivity index (χ3v) is 8.07. The minimum atomic E-state index is -0.612. The van der Waals surface area contributed by atoms with E-state index in [2.05, 4.69) is 24.7 Å². The molecule has 0 amide bonds. The summed E-state index contributed by atoms with van der Waals surface area (Å²) in [5.41, 5.74) is 0.944. The van der Waals surface area contributed by atoms with Crippen LogP contribution in [0.4, 0.5) is 11.4 Å². The number of aromatic amines is 1. The number of methoxy groups -OCH3 is 4. The summed E-state index contributed by atoms with van der Waals surface area (Å²) in [6, 6.07) is 11.4. The van der Waals surface area contributed by atoms with E-state index >= 15 is 0 Å².